The van der Waals surface area contributed by atoms with Crippen LogP contribution in [0.15, 0.2) is 23.2 Å². The molecule has 4 rings (SSSR count). The van der Waals surface area contributed by atoms with Gasteiger partial charge in [0.25, 0.3) is 0 Å². The zero-order valence-corrected chi connectivity index (χ0v) is 24.6. The molecule has 2 aliphatic heterocycles. The molecule has 1 saturated carbocycles. The standard InChI is InChI=1S/C26H38N4O5.C2HF3O2/c1-25(2)14-22(31)30(24(27)29-25)20(9-10-33-5)17-12-18(17)23(32)28-19-13-26(3,4)35-21-11-15(34-6)7-8-16(19)21;3-2(4,5)1(6)7/h7-8,11,17-20H,9-10,12-14H2,1-6H3,(H2,27,29)(H,28,32);(H,6,7)/t17-,18-,19?,20?;/m1./s1. The summed E-state index contributed by atoms with van der Waals surface area (Å²) in [5, 5.41) is 10.4. The topological polar surface area (TPSA) is 153 Å². The van der Waals surface area contributed by atoms with E-state index in [0.717, 1.165) is 11.3 Å². The van der Waals surface area contributed by atoms with E-state index in [0.29, 0.717) is 31.6 Å². The molecule has 4 atom stereocenters. The summed E-state index contributed by atoms with van der Waals surface area (Å²) in [6.07, 6.45) is -2.84. The first-order chi connectivity index (χ1) is 19.4. The van der Waals surface area contributed by atoms with Gasteiger partial charge in [0.2, 0.25) is 11.8 Å². The minimum absolute atomic E-state index is 0.00671. The largest absolute Gasteiger partial charge is 0.497 e. The number of nitrogens with one attached hydrogen (secondary N) is 1. The number of rotatable bonds is 8. The Kier molecular flexibility index (Phi) is 9.70. The van der Waals surface area contributed by atoms with Gasteiger partial charge in [0.15, 0.2) is 5.96 Å². The Morgan fingerprint density at radius 3 is 2.45 bits per heavy atom. The van der Waals surface area contributed by atoms with Crippen LogP contribution in [0, 0.1) is 11.8 Å². The highest BCUT2D eigenvalue weighted by Gasteiger charge is 2.52. The van der Waals surface area contributed by atoms with Crippen molar-refractivity contribution in [1.82, 2.24) is 10.2 Å². The third-order valence-corrected chi connectivity index (χ3v) is 7.37. The van der Waals surface area contributed by atoms with Gasteiger partial charge < -0.3 is 30.4 Å². The van der Waals surface area contributed by atoms with Gasteiger partial charge >= 0.3 is 12.1 Å². The van der Waals surface area contributed by atoms with Crippen LogP contribution in [-0.4, -0.2) is 77.9 Å². The molecule has 42 heavy (non-hydrogen) atoms. The Balaban J connectivity index is 0.000000616. The molecule has 1 fully saturated rings. The number of alkyl halides is 3. The summed E-state index contributed by atoms with van der Waals surface area (Å²) in [6.45, 7) is 8.30. The SMILES string of the molecule is COCCC([C@@H]1C[C@H]1C(=O)NC1CC(C)(C)Oc2cc(OC)ccc21)N1C(=O)CC(C)(C)N=C1N.O=C(O)C(F)(F)F. The molecule has 234 valence electrons. The molecule has 2 unspecified atom stereocenters. The fraction of sp³-hybridized carbons (Fsp3) is 0.643. The Morgan fingerprint density at radius 1 is 1.26 bits per heavy atom. The average molecular weight is 601 g/mol. The molecule has 0 radical (unpaired) electrons. The van der Waals surface area contributed by atoms with Gasteiger partial charge in [-0.05, 0) is 58.6 Å². The van der Waals surface area contributed by atoms with Gasteiger partial charge in [0.05, 0.1) is 25.1 Å². The highest BCUT2D eigenvalue weighted by atomic mass is 19.4. The number of benzene rings is 1. The highest BCUT2D eigenvalue weighted by molar-refractivity contribution is 5.99. The van der Waals surface area contributed by atoms with Crippen LogP contribution in [0.3, 0.4) is 0 Å². The van der Waals surface area contributed by atoms with Crippen LogP contribution in [0.4, 0.5) is 13.2 Å². The van der Waals surface area contributed by atoms with E-state index in [-0.39, 0.29) is 48.1 Å². The second-order valence-electron chi connectivity index (χ2n) is 11.9. The summed E-state index contributed by atoms with van der Waals surface area (Å²) in [6, 6.07) is 5.30. The van der Waals surface area contributed by atoms with E-state index >= 15 is 0 Å². The number of hydrogen-bond acceptors (Lipinski definition) is 8. The Hall–Kier alpha value is -3.55. The number of guanidine groups is 1. The van der Waals surface area contributed by atoms with Crippen molar-refractivity contribution < 1.29 is 46.9 Å². The summed E-state index contributed by atoms with van der Waals surface area (Å²) < 4.78 is 48.5. The highest BCUT2D eigenvalue weighted by Crippen LogP contribution is 2.47. The first kappa shape index (κ1) is 33.0. The summed E-state index contributed by atoms with van der Waals surface area (Å²) in [5.41, 5.74) is 6.24. The molecule has 2 heterocycles. The zero-order valence-electron chi connectivity index (χ0n) is 24.6. The number of nitrogens with two attached hydrogens (primary N) is 1. The van der Waals surface area contributed by atoms with Crippen LogP contribution in [0.25, 0.3) is 0 Å². The number of carboxylic acid groups (broad SMARTS) is 1. The van der Waals surface area contributed by atoms with E-state index in [9.17, 15) is 22.8 Å². The molecule has 1 aliphatic carbocycles. The van der Waals surface area contributed by atoms with Gasteiger partial charge in [0.1, 0.15) is 17.1 Å². The molecule has 14 heteroatoms. The van der Waals surface area contributed by atoms with Crippen LogP contribution in [-0.2, 0) is 19.1 Å². The molecule has 0 saturated heterocycles. The van der Waals surface area contributed by atoms with Gasteiger partial charge in [-0.3, -0.25) is 14.5 Å². The first-order valence-corrected chi connectivity index (χ1v) is 13.5. The fourth-order valence-corrected chi connectivity index (χ4v) is 5.42. The number of hydrogen-bond donors (Lipinski definition) is 3. The smallest absolute Gasteiger partial charge is 0.490 e. The number of aliphatic imine (C=N–C) groups is 1. The Bertz CT molecular complexity index is 1220. The third kappa shape index (κ3) is 8.05. The first-order valence-electron chi connectivity index (χ1n) is 13.5. The van der Waals surface area contributed by atoms with Gasteiger partial charge in [-0.25, -0.2) is 9.79 Å². The molecule has 0 bridgehead atoms. The van der Waals surface area contributed by atoms with E-state index < -0.39 is 23.3 Å². The quantitative estimate of drug-likeness (QED) is 0.411. The molecule has 0 aromatic heterocycles. The monoisotopic (exact) mass is 600 g/mol. The number of carbonyl (C=O) groups excluding carboxylic acids is 2. The number of fused-ring (bicyclic) bond motifs is 1. The Morgan fingerprint density at radius 2 is 1.90 bits per heavy atom. The van der Waals surface area contributed by atoms with Crippen molar-refractivity contribution in [3.8, 4) is 11.5 Å². The summed E-state index contributed by atoms with van der Waals surface area (Å²) in [5.74, 6) is -1.34. The average Bonchev–Trinajstić information content (AvgIpc) is 3.64. The van der Waals surface area contributed by atoms with E-state index in [2.05, 4.69) is 10.3 Å². The lowest BCUT2D eigenvalue weighted by atomic mass is 9.89. The fourth-order valence-electron chi connectivity index (χ4n) is 5.42. The maximum atomic E-state index is 13.4. The number of carboxylic acids is 1. The van der Waals surface area contributed by atoms with Crippen LogP contribution < -0.4 is 20.5 Å². The predicted octanol–water partition coefficient (Wildman–Crippen LogP) is 3.41. The number of carbonyl (C=O) groups is 3. The number of halogens is 3. The molecule has 1 aromatic rings. The normalized spacial score (nSPS) is 24.6. The maximum absolute atomic E-state index is 13.4. The van der Waals surface area contributed by atoms with Crippen molar-refractivity contribution in [3.05, 3.63) is 23.8 Å². The summed E-state index contributed by atoms with van der Waals surface area (Å²) >= 11 is 0. The number of amides is 2. The van der Waals surface area contributed by atoms with Crippen molar-refractivity contribution in [2.45, 2.75) is 82.8 Å². The van der Waals surface area contributed by atoms with Crippen LogP contribution in [0.5, 0.6) is 11.5 Å². The lowest BCUT2D eigenvalue weighted by molar-refractivity contribution is -0.192. The zero-order chi connectivity index (χ0) is 31.6. The van der Waals surface area contributed by atoms with Crippen molar-refractivity contribution in [2.75, 3.05) is 20.8 Å². The van der Waals surface area contributed by atoms with E-state index in [1.165, 1.54) is 0 Å². The third-order valence-electron chi connectivity index (χ3n) is 7.37. The molecule has 2 amide bonds. The molecular weight excluding hydrogens is 561 g/mol. The minimum Gasteiger partial charge on any atom is -0.497 e. The number of aliphatic carboxylic acids is 1. The summed E-state index contributed by atoms with van der Waals surface area (Å²) in [4.78, 5) is 41.4. The van der Waals surface area contributed by atoms with Gasteiger partial charge in [-0.1, -0.05) is 0 Å². The molecule has 3 aliphatic rings. The van der Waals surface area contributed by atoms with Crippen molar-refractivity contribution in [3.63, 3.8) is 0 Å². The second kappa shape index (κ2) is 12.4. The maximum Gasteiger partial charge on any atom is 0.490 e. The van der Waals surface area contributed by atoms with Crippen LogP contribution in [0.2, 0.25) is 0 Å². The lowest BCUT2D eigenvalue weighted by Gasteiger charge is -2.38. The van der Waals surface area contributed by atoms with E-state index in [1.807, 2.05) is 45.9 Å². The number of nitrogens with zero attached hydrogens (tertiary/aromatic N) is 2. The van der Waals surface area contributed by atoms with Crippen molar-refractivity contribution in [1.29, 1.82) is 0 Å². The summed E-state index contributed by atoms with van der Waals surface area (Å²) in [7, 11) is 3.25. The molecular formula is C28H39F3N4O7. The van der Waals surface area contributed by atoms with Crippen molar-refractivity contribution in [2.24, 2.45) is 22.6 Å². The predicted molar refractivity (Wildman–Crippen MR) is 146 cm³/mol. The van der Waals surface area contributed by atoms with E-state index in [4.69, 9.17) is 29.8 Å². The molecule has 11 nitrogen and oxygen atoms in total. The minimum atomic E-state index is -5.08. The van der Waals surface area contributed by atoms with Crippen molar-refractivity contribution >= 4 is 23.7 Å². The second-order valence-corrected chi connectivity index (χ2v) is 11.9. The number of ether oxygens (including phenoxy) is 3. The number of methoxy groups -OCH3 is 2. The molecule has 4 N–H and O–H groups in total. The van der Waals surface area contributed by atoms with Crippen LogP contribution >= 0.6 is 0 Å². The lowest BCUT2D eigenvalue weighted by Crippen LogP contribution is -2.55. The molecule has 1 aromatic carbocycles. The van der Waals surface area contributed by atoms with Gasteiger partial charge in [0, 0.05) is 43.7 Å². The van der Waals surface area contributed by atoms with Gasteiger partial charge in [-0.2, -0.15) is 13.2 Å². The van der Waals surface area contributed by atoms with Crippen LogP contribution in [0.1, 0.15) is 65.0 Å². The van der Waals surface area contributed by atoms with E-state index in [1.54, 1.807) is 19.1 Å². The molecule has 0 spiro atoms. The Labute approximate surface area is 242 Å². The van der Waals surface area contributed by atoms with Gasteiger partial charge in [-0.15, -0.1) is 0 Å².